The molecule has 3 N–H and O–H groups in total. The normalized spacial score (nSPS) is 20.2. The van der Waals surface area contributed by atoms with Gasteiger partial charge < -0.3 is 15.6 Å². The second kappa shape index (κ2) is 7.98. The van der Waals surface area contributed by atoms with E-state index >= 15 is 0 Å². The number of fused-ring (bicyclic) bond motifs is 1. The summed E-state index contributed by atoms with van der Waals surface area (Å²) < 4.78 is 15.0. The number of rotatable bonds is 5. The Bertz CT molecular complexity index is 958. The van der Waals surface area contributed by atoms with Gasteiger partial charge in [-0.3, -0.25) is 9.69 Å². The number of aromatic amines is 1. The molecule has 3 heterocycles. The minimum Gasteiger partial charge on any atom is -0.378 e. The van der Waals surface area contributed by atoms with Gasteiger partial charge in [0.25, 0.3) is 5.91 Å². The van der Waals surface area contributed by atoms with Gasteiger partial charge in [0.15, 0.2) is 0 Å². The van der Waals surface area contributed by atoms with Crippen molar-refractivity contribution in [1.82, 2.24) is 20.2 Å². The molecule has 0 spiro atoms. The highest BCUT2D eigenvalue weighted by Gasteiger charge is 2.30. The molecule has 0 bridgehead atoms. The van der Waals surface area contributed by atoms with E-state index in [2.05, 4.69) is 37.6 Å². The smallest absolute Gasteiger partial charge is 0.254 e. The lowest BCUT2D eigenvalue weighted by molar-refractivity contribution is 0.0962. The third-order valence-corrected chi connectivity index (χ3v) is 5.26. The van der Waals surface area contributed by atoms with Gasteiger partial charge in [-0.15, -0.1) is 0 Å². The molecule has 4 rings (SSSR count). The Morgan fingerprint density at radius 1 is 1.32 bits per heavy atom. The standard InChI is InChI=1S/C21H24FN5O/c1-23-21(28)16-11-25-20-15(7-9-24-20)19(16)26-18-8-10-27(13-17(18)22)12-14-5-3-2-4-6-14/h2-7,9,11,17-18H,8,10,12-13H2,1H3,(H,23,28)(H2,24,25,26)/t17-,18+/m0/s1. The summed E-state index contributed by atoms with van der Waals surface area (Å²) in [6, 6.07) is 11.6. The molecule has 2 atom stereocenters. The van der Waals surface area contributed by atoms with Crippen LogP contribution < -0.4 is 10.6 Å². The van der Waals surface area contributed by atoms with Crippen molar-refractivity contribution in [2.75, 3.05) is 25.5 Å². The first-order valence-electron chi connectivity index (χ1n) is 9.50. The number of nitrogens with one attached hydrogen (secondary N) is 3. The minimum absolute atomic E-state index is 0.241. The van der Waals surface area contributed by atoms with Gasteiger partial charge in [0.1, 0.15) is 11.8 Å². The summed E-state index contributed by atoms with van der Waals surface area (Å²) in [7, 11) is 1.58. The van der Waals surface area contributed by atoms with E-state index in [0.717, 1.165) is 18.5 Å². The molecule has 146 valence electrons. The molecule has 7 heteroatoms. The zero-order valence-electron chi connectivity index (χ0n) is 15.8. The molecule has 0 radical (unpaired) electrons. The first-order valence-corrected chi connectivity index (χ1v) is 9.50. The predicted octanol–water partition coefficient (Wildman–Crippen LogP) is 2.95. The summed E-state index contributed by atoms with van der Waals surface area (Å²) in [6.45, 7) is 1.90. The molecule has 0 unspecified atom stereocenters. The molecule has 1 amide bonds. The lowest BCUT2D eigenvalue weighted by atomic mass is 10.0. The Balaban J connectivity index is 1.51. The molecule has 28 heavy (non-hydrogen) atoms. The van der Waals surface area contributed by atoms with Gasteiger partial charge in [-0.25, -0.2) is 9.37 Å². The highest BCUT2D eigenvalue weighted by Crippen LogP contribution is 2.29. The Hall–Kier alpha value is -2.93. The number of anilines is 1. The predicted molar refractivity (Wildman–Crippen MR) is 108 cm³/mol. The number of amides is 1. The highest BCUT2D eigenvalue weighted by molar-refractivity contribution is 6.06. The third kappa shape index (κ3) is 3.71. The average molecular weight is 381 g/mol. The Labute approximate surface area is 163 Å². The van der Waals surface area contributed by atoms with Gasteiger partial charge >= 0.3 is 0 Å². The maximum atomic E-state index is 15.0. The van der Waals surface area contributed by atoms with E-state index in [1.165, 1.54) is 11.8 Å². The number of carbonyl (C=O) groups excluding carboxylic acids is 1. The topological polar surface area (TPSA) is 73.0 Å². The van der Waals surface area contributed by atoms with Crippen LogP contribution in [-0.4, -0.2) is 53.1 Å². The second-order valence-electron chi connectivity index (χ2n) is 7.14. The van der Waals surface area contributed by atoms with Crippen molar-refractivity contribution in [3.05, 3.63) is 59.9 Å². The molecular formula is C21H24FN5O. The van der Waals surface area contributed by atoms with Crippen molar-refractivity contribution >= 4 is 22.6 Å². The first-order chi connectivity index (χ1) is 13.7. The SMILES string of the molecule is CNC(=O)c1cnc2[nH]ccc2c1N[C@@H]1CCN(Cc2ccccc2)C[C@@H]1F. The zero-order chi connectivity index (χ0) is 19.5. The van der Waals surface area contributed by atoms with Crippen LogP contribution in [0.15, 0.2) is 48.8 Å². The Kier molecular flexibility index (Phi) is 5.25. The highest BCUT2D eigenvalue weighted by atomic mass is 19.1. The van der Waals surface area contributed by atoms with E-state index in [-0.39, 0.29) is 11.9 Å². The number of carbonyl (C=O) groups is 1. The van der Waals surface area contributed by atoms with Crippen LogP contribution in [0.4, 0.5) is 10.1 Å². The summed E-state index contributed by atoms with van der Waals surface area (Å²) in [5.74, 6) is -0.241. The summed E-state index contributed by atoms with van der Waals surface area (Å²) >= 11 is 0. The molecule has 1 saturated heterocycles. The number of piperidine rings is 1. The maximum Gasteiger partial charge on any atom is 0.254 e. The lowest BCUT2D eigenvalue weighted by Gasteiger charge is -2.36. The van der Waals surface area contributed by atoms with Gasteiger partial charge in [-0.1, -0.05) is 30.3 Å². The van der Waals surface area contributed by atoms with Crippen LogP contribution in [-0.2, 0) is 6.54 Å². The van der Waals surface area contributed by atoms with Crippen LogP contribution in [0.1, 0.15) is 22.3 Å². The molecule has 6 nitrogen and oxygen atoms in total. The Morgan fingerprint density at radius 3 is 2.89 bits per heavy atom. The lowest BCUT2D eigenvalue weighted by Crippen LogP contribution is -2.47. The van der Waals surface area contributed by atoms with E-state index in [4.69, 9.17) is 0 Å². The fourth-order valence-corrected chi connectivity index (χ4v) is 3.77. The van der Waals surface area contributed by atoms with Gasteiger partial charge in [0, 0.05) is 44.5 Å². The van der Waals surface area contributed by atoms with Crippen molar-refractivity contribution in [3.8, 4) is 0 Å². The number of aromatic nitrogens is 2. The number of halogens is 1. The van der Waals surface area contributed by atoms with E-state index in [1.54, 1.807) is 13.2 Å². The van der Waals surface area contributed by atoms with Crippen LogP contribution in [0.3, 0.4) is 0 Å². The fraction of sp³-hybridized carbons (Fsp3) is 0.333. The number of hydrogen-bond acceptors (Lipinski definition) is 4. The van der Waals surface area contributed by atoms with Gasteiger partial charge in [-0.05, 0) is 18.1 Å². The summed E-state index contributed by atoms with van der Waals surface area (Å²) in [5, 5.41) is 6.73. The van der Waals surface area contributed by atoms with Crippen LogP contribution in [0.25, 0.3) is 11.0 Å². The molecule has 0 aliphatic carbocycles. The largest absolute Gasteiger partial charge is 0.378 e. The van der Waals surface area contributed by atoms with Crippen LogP contribution in [0.5, 0.6) is 0 Å². The second-order valence-corrected chi connectivity index (χ2v) is 7.14. The van der Waals surface area contributed by atoms with Crippen molar-refractivity contribution < 1.29 is 9.18 Å². The van der Waals surface area contributed by atoms with Crippen LogP contribution >= 0.6 is 0 Å². The number of nitrogens with zero attached hydrogens (tertiary/aromatic N) is 2. The molecule has 1 aromatic carbocycles. The van der Waals surface area contributed by atoms with Crippen LogP contribution in [0.2, 0.25) is 0 Å². The van der Waals surface area contributed by atoms with E-state index in [1.807, 2.05) is 24.3 Å². The number of H-pyrrole nitrogens is 1. The van der Waals surface area contributed by atoms with E-state index < -0.39 is 6.17 Å². The molecule has 2 aromatic heterocycles. The minimum atomic E-state index is -1.03. The Morgan fingerprint density at radius 2 is 2.14 bits per heavy atom. The fourth-order valence-electron chi connectivity index (χ4n) is 3.77. The van der Waals surface area contributed by atoms with Crippen molar-refractivity contribution in [2.24, 2.45) is 0 Å². The molecule has 1 aliphatic heterocycles. The molecule has 1 fully saturated rings. The quantitative estimate of drug-likeness (QED) is 0.635. The van der Waals surface area contributed by atoms with Crippen molar-refractivity contribution in [2.45, 2.75) is 25.2 Å². The zero-order valence-corrected chi connectivity index (χ0v) is 15.8. The molecule has 3 aromatic rings. The van der Waals surface area contributed by atoms with Crippen molar-refractivity contribution in [1.29, 1.82) is 0 Å². The summed E-state index contributed by atoms with van der Waals surface area (Å²) in [5.41, 5.74) is 2.92. The summed E-state index contributed by atoms with van der Waals surface area (Å²) in [4.78, 5) is 21.7. The van der Waals surface area contributed by atoms with Gasteiger partial charge in [0.2, 0.25) is 0 Å². The number of alkyl halides is 1. The number of likely N-dealkylation sites (tertiary alicyclic amines) is 1. The van der Waals surface area contributed by atoms with E-state index in [0.29, 0.717) is 29.9 Å². The molecular weight excluding hydrogens is 357 g/mol. The van der Waals surface area contributed by atoms with E-state index in [9.17, 15) is 9.18 Å². The third-order valence-electron chi connectivity index (χ3n) is 5.26. The van der Waals surface area contributed by atoms with Crippen LogP contribution in [0, 0.1) is 0 Å². The molecule has 1 aliphatic rings. The average Bonchev–Trinajstić information content (AvgIpc) is 3.19. The maximum absolute atomic E-state index is 15.0. The van der Waals surface area contributed by atoms with Gasteiger partial charge in [0.05, 0.1) is 17.3 Å². The first kappa shape index (κ1) is 18.4. The number of benzene rings is 1. The number of pyridine rings is 1. The number of hydrogen-bond donors (Lipinski definition) is 3. The monoisotopic (exact) mass is 381 g/mol. The van der Waals surface area contributed by atoms with Crippen molar-refractivity contribution in [3.63, 3.8) is 0 Å². The summed E-state index contributed by atoms with van der Waals surface area (Å²) in [6.07, 6.45) is 2.93. The van der Waals surface area contributed by atoms with Gasteiger partial charge in [-0.2, -0.15) is 0 Å². The molecule has 0 saturated carbocycles.